The van der Waals surface area contributed by atoms with Crippen LogP contribution in [0.5, 0.6) is 23.1 Å². The molecule has 0 spiro atoms. The fourth-order valence-electron chi connectivity index (χ4n) is 8.62. The predicted octanol–water partition coefficient (Wildman–Crippen LogP) is 9.81. The zero-order valence-corrected chi connectivity index (χ0v) is 40.0. The van der Waals surface area contributed by atoms with Gasteiger partial charge in [0.1, 0.15) is 6.33 Å². The largest absolute Gasteiger partial charge is 0.493 e. The van der Waals surface area contributed by atoms with Gasteiger partial charge >= 0.3 is 0 Å². The number of aromatic amines is 1. The normalized spacial score (nSPS) is 14.3. The second-order valence-electron chi connectivity index (χ2n) is 17.7. The molecule has 8 aromatic rings. The first-order valence-corrected chi connectivity index (χ1v) is 23.7. The molecule has 0 radical (unpaired) electrons. The number of benzene rings is 4. The standard InChI is InChI=1S/C29H31N7O.C25H27FN4O3/c1-21-5-10-25(18-27(21)34-29-31-13-11-26(33-29)24-4-3-12-30-19-24)32-28(37)23-8-6-22(7-9-23)20-36-16-14-35(2)15-17-36;1-16-12-17-19(29-16)6-7-21(24(17)26)33-25-18-13-22(31-2)23(14-20(18)27-15-28-25)32-11-5-10-30-8-3-4-9-30/h3-13,18-19H,14-17,20H2,1-2H3,(H,32,37)(H,31,33,34);6-7,12-15,29H,3-5,8-11H2,1-2H3. The molecule has 4 aromatic heterocycles. The van der Waals surface area contributed by atoms with E-state index in [1.54, 1.807) is 50.0 Å². The minimum atomic E-state index is -0.437. The highest BCUT2D eigenvalue weighted by Crippen LogP contribution is 2.38. The van der Waals surface area contributed by atoms with E-state index in [2.05, 4.69) is 62.3 Å². The molecule has 6 heterocycles. The van der Waals surface area contributed by atoms with Crippen molar-refractivity contribution in [3.8, 4) is 34.4 Å². The van der Waals surface area contributed by atoms with E-state index in [-0.39, 0.29) is 17.5 Å². The Morgan fingerprint density at radius 1 is 0.814 bits per heavy atom. The number of hydrogen-bond donors (Lipinski definition) is 3. The van der Waals surface area contributed by atoms with E-state index in [1.165, 1.54) is 37.8 Å². The summed E-state index contributed by atoms with van der Waals surface area (Å²) in [6, 6.07) is 28.0. The number of rotatable bonds is 15. The van der Waals surface area contributed by atoms with Crippen LogP contribution in [0.3, 0.4) is 0 Å². The van der Waals surface area contributed by atoms with Gasteiger partial charge in [-0.05, 0) is 131 Å². The van der Waals surface area contributed by atoms with Gasteiger partial charge in [-0.25, -0.2) is 24.3 Å². The number of nitrogens with zero attached hydrogens (tertiary/aromatic N) is 8. The van der Waals surface area contributed by atoms with E-state index in [4.69, 9.17) is 14.2 Å². The number of fused-ring (bicyclic) bond motifs is 2. The number of H-pyrrole nitrogens is 1. The quantitative estimate of drug-likeness (QED) is 0.0835. The second kappa shape index (κ2) is 22.3. The zero-order chi connectivity index (χ0) is 48.4. The molecule has 0 unspecified atom stereocenters. The van der Waals surface area contributed by atoms with Crippen molar-refractivity contribution in [3.63, 3.8) is 0 Å². The molecule has 0 bridgehead atoms. The fourth-order valence-corrected chi connectivity index (χ4v) is 8.62. The van der Waals surface area contributed by atoms with Crippen molar-refractivity contribution in [2.45, 2.75) is 39.7 Å². The second-order valence-corrected chi connectivity index (χ2v) is 17.7. The lowest BCUT2D eigenvalue weighted by Gasteiger charge is -2.32. The maximum absolute atomic E-state index is 15.0. The summed E-state index contributed by atoms with van der Waals surface area (Å²) in [7, 11) is 3.75. The minimum absolute atomic E-state index is 0.0997. The summed E-state index contributed by atoms with van der Waals surface area (Å²) in [4.78, 5) is 45.0. The van der Waals surface area contributed by atoms with Gasteiger partial charge < -0.3 is 39.6 Å². The average molecular weight is 944 g/mol. The van der Waals surface area contributed by atoms with Crippen LogP contribution in [0.25, 0.3) is 33.1 Å². The first-order valence-electron chi connectivity index (χ1n) is 23.7. The fraction of sp³-hybridized carbons (Fsp3) is 0.296. The number of nitrogens with one attached hydrogen (secondary N) is 3. The number of anilines is 3. The number of ether oxygens (including phenoxy) is 3. The number of hydrogen-bond acceptors (Lipinski definition) is 13. The van der Waals surface area contributed by atoms with Gasteiger partial charge in [-0.15, -0.1) is 0 Å². The van der Waals surface area contributed by atoms with Crippen molar-refractivity contribution in [2.75, 3.05) is 77.2 Å². The summed E-state index contributed by atoms with van der Waals surface area (Å²) < 4.78 is 32.5. The van der Waals surface area contributed by atoms with Crippen LogP contribution in [-0.4, -0.2) is 117 Å². The lowest BCUT2D eigenvalue weighted by molar-refractivity contribution is 0.102. The number of likely N-dealkylation sites (tertiary alicyclic amines) is 1. The summed E-state index contributed by atoms with van der Waals surface area (Å²) in [6.07, 6.45) is 10.1. The van der Waals surface area contributed by atoms with Crippen LogP contribution in [-0.2, 0) is 6.54 Å². The van der Waals surface area contributed by atoms with Crippen molar-refractivity contribution < 1.29 is 23.4 Å². The number of aromatic nitrogens is 6. The molecule has 2 aliphatic heterocycles. The molecule has 3 N–H and O–H groups in total. The van der Waals surface area contributed by atoms with Gasteiger partial charge in [0.05, 0.1) is 30.3 Å². The Morgan fingerprint density at radius 3 is 2.43 bits per heavy atom. The molecule has 16 heteroatoms. The van der Waals surface area contributed by atoms with Gasteiger partial charge in [0.2, 0.25) is 11.8 Å². The molecule has 70 heavy (non-hydrogen) atoms. The first kappa shape index (κ1) is 47.5. The average Bonchev–Trinajstić information content (AvgIpc) is 4.06. The van der Waals surface area contributed by atoms with Crippen LogP contribution in [0.2, 0.25) is 0 Å². The van der Waals surface area contributed by atoms with E-state index in [0.29, 0.717) is 51.6 Å². The Bertz CT molecular complexity index is 3050. The van der Waals surface area contributed by atoms with Gasteiger partial charge in [-0.2, -0.15) is 0 Å². The van der Waals surface area contributed by atoms with Crippen LogP contribution in [0, 0.1) is 19.7 Å². The predicted molar refractivity (Wildman–Crippen MR) is 272 cm³/mol. The van der Waals surface area contributed by atoms with Crippen LogP contribution in [0.4, 0.5) is 21.7 Å². The highest BCUT2D eigenvalue weighted by Gasteiger charge is 2.19. The van der Waals surface area contributed by atoms with E-state index in [0.717, 1.165) is 79.4 Å². The van der Waals surface area contributed by atoms with Gasteiger partial charge in [-0.1, -0.05) is 18.2 Å². The first-order chi connectivity index (χ1) is 34.1. The third-order valence-electron chi connectivity index (χ3n) is 12.6. The van der Waals surface area contributed by atoms with Crippen LogP contribution in [0.1, 0.15) is 46.4 Å². The van der Waals surface area contributed by atoms with E-state index >= 15 is 4.39 Å². The number of piperazine rings is 1. The number of pyridine rings is 1. The van der Waals surface area contributed by atoms with E-state index in [1.807, 2.05) is 80.6 Å². The monoisotopic (exact) mass is 943 g/mol. The molecule has 1 amide bonds. The van der Waals surface area contributed by atoms with Crippen molar-refractivity contribution in [2.24, 2.45) is 0 Å². The maximum Gasteiger partial charge on any atom is 0.255 e. The van der Waals surface area contributed by atoms with Crippen LogP contribution >= 0.6 is 0 Å². The van der Waals surface area contributed by atoms with Crippen LogP contribution in [0.15, 0.2) is 116 Å². The van der Waals surface area contributed by atoms with E-state index in [9.17, 15) is 4.79 Å². The molecule has 2 aliphatic rings. The third-order valence-corrected chi connectivity index (χ3v) is 12.6. The summed E-state index contributed by atoms with van der Waals surface area (Å²) in [6.45, 7) is 13.1. The molecule has 0 aliphatic carbocycles. The zero-order valence-electron chi connectivity index (χ0n) is 40.0. The lowest BCUT2D eigenvalue weighted by Crippen LogP contribution is -2.43. The van der Waals surface area contributed by atoms with Gasteiger partial charge in [0.25, 0.3) is 5.91 Å². The lowest BCUT2D eigenvalue weighted by atomic mass is 10.1. The van der Waals surface area contributed by atoms with Crippen molar-refractivity contribution >= 4 is 45.0 Å². The Hall–Kier alpha value is -7.53. The molecular weight excluding hydrogens is 886 g/mol. The highest BCUT2D eigenvalue weighted by atomic mass is 19.1. The number of carbonyl (C=O) groups is 1. The van der Waals surface area contributed by atoms with Gasteiger partial charge in [0.15, 0.2) is 23.1 Å². The number of halogens is 1. The van der Waals surface area contributed by atoms with Crippen LogP contribution < -0.4 is 24.8 Å². The molecular formula is C54H58FN11O4. The summed E-state index contributed by atoms with van der Waals surface area (Å²) >= 11 is 0. The molecule has 0 saturated carbocycles. The minimum Gasteiger partial charge on any atom is -0.493 e. The highest BCUT2D eigenvalue weighted by molar-refractivity contribution is 6.04. The molecule has 2 fully saturated rings. The van der Waals surface area contributed by atoms with Gasteiger partial charge in [-0.3, -0.25) is 14.7 Å². The summed E-state index contributed by atoms with van der Waals surface area (Å²) in [5.74, 6) is 1.42. The third kappa shape index (κ3) is 11.8. The Labute approximate surface area is 407 Å². The summed E-state index contributed by atoms with van der Waals surface area (Å²) in [5, 5.41) is 7.39. The molecule has 2 saturated heterocycles. The molecule has 360 valence electrons. The number of carbonyl (C=O) groups excluding carboxylic acids is 1. The number of methoxy groups -OCH3 is 1. The van der Waals surface area contributed by atoms with Crippen molar-refractivity contribution in [1.82, 2.24) is 44.6 Å². The Balaban J connectivity index is 0.000000175. The van der Waals surface area contributed by atoms with Gasteiger partial charge in [0, 0.05) is 103 Å². The van der Waals surface area contributed by atoms with E-state index < -0.39 is 5.82 Å². The molecule has 4 aromatic carbocycles. The number of likely N-dealkylation sites (N-methyl/N-ethyl adjacent to an activating group) is 1. The molecule has 10 rings (SSSR count). The Morgan fingerprint density at radius 2 is 1.64 bits per heavy atom. The summed E-state index contributed by atoms with van der Waals surface area (Å²) in [5.41, 5.74) is 8.32. The van der Waals surface area contributed by atoms with Crippen molar-refractivity contribution in [3.05, 3.63) is 144 Å². The topological polar surface area (TPSA) is 159 Å². The number of aryl methyl sites for hydroxylation is 2. The molecule has 15 nitrogen and oxygen atoms in total. The number of amides is 1. The van der Waals surface area contributed by atoms with Crippen molar-refractivity contribution in [1.29, 1.82) is 0 Å². The smallest absolute Gasteiger partial charge is 0.255 e. The Kier molecular flexibility index (Phi) is 15.1. The SMILES string of the molecule is COc1cc2c(Oc3ccc4[nH]c(C)cc4c3F)ncnc2cc1OCCCN1CCCC1.Cc1ccc(NC(=O)c2ccc(CN3CCN(C)CC3)cc2)cc1Nc1nccc(-c2cccnc2)n1. The molecule has 0 atom stereocenters. The maximum atomic E-state index is 15.0.